The van der Waals surface area contributed by atoms with Crippen molar-refractivity contribution in [1.82, 2.24) is 4.98 Å². The number of nitrogens with zero attached hydrogens (tertiary/aromatic N) is 1. The molecule has 0 aliphatic heterocycles. The number of benzene rings is 2. The predicted molar refractivity (Wildman–Crippen MR) is 89.3 cm³/mol. The summed E-state index contributed by atoms with van der Waals surface area (Å²) in [5.74, 6) is 0.922. The molecular weight excluding hydrogens is 280 g/mol. The van der Waals surface area contributed by atoms with Crippen molar-refractivity contribution in [3.8, 4) is 5.75 Å². The Kier molecular flexibility index (Phi) is 4.06. The van der Waals surface area contributed by atoms with Crippen LogP contribution in [0.25, 0.3) is 10.2 Å². The Bertz CT molecular complexity index is 751. The lowest BCUT2D eigenvalue weighted by atomic mass is 10.2. The Balaban J connectivity index is 1.72. The summed E-state index contributed by atoms with van der Waals surface area (Å²) < 4.78 is 6.75. The van der Waals surface area contributed by atoms with Gasteiger partial charge in [0.15, 0.2) is 0 Å². The van der Waals surface area contributed by atoms with Crippen LogP contribution in [0.2, 0.25) is 0 Å². The molecule has 4 heteroatoms. The molecule has 108 valence electrons. The smallest absolute Gasteiger partial charge is 0.119 e. The molecule has 0 amide bonds. The quantitative estimate of drug-likeness (QED) is 0.746. The molecule has 1 N–H and O–H groups in total. The maximum Gasteiger partial charge on any atom is 0.119 e. The van der Waals surface area contributed by atoms with Gasteiger partial charge in [0.05, 0.1) is 21.8 Å². The number of ether oxygens (including phenoxy) is 1. The van der Waals surface area contributed by atoms with Gasteiger partial charge < -0.3 is 10.1 Å². The standard InChI is InChI=1S/C17H18N2OS/c1-3-20-15-6-4-5-13(9-15)11-18-14-7-8-16-17(10-14)21-12(2)19-16/h4-10,18H,3,11H2,1-2H3. The Morgan fingerprint density at radius 1 is 1.19 bits per heavy atom. The van der Waals surface area contributed by atoms with Crippen LogP contribution in [0.5, 0.6) is 5.75 Å². The van der Waals surface area contributed by atoms with Gasteiger partial charge in [-0.3, -0.25) is 0 Å². The number of aromatic nitrogens is 1. The third-order valence-electron chi connectivity index (χ3n) is 3.20. The molecule has 0 spiro atoms. The first-order chi connectivity index (χ1) is 10.2. The summed E-state index contributed by atoms with van der Waals surface area (Å²) in [5.41, 5.74) is 3.40. The van der Waals surface area contributed by atoms with E-state index in [0.717, 1.165) is 28.5 Å². The van der Waals surface area contributed by atoms with E-state index in [9.17, 15) is 0 Å². The predicted octanol–water partition coefficient (Wildman–Crippen LogP) is 4.62. The summed E-state index contributed by atoms with van der Waals surface area (Å²) in [6.07, 6.45) is 0. The first kappa shape index (κ1) is 13.9. The van der Waals surface area contributed by atoms with Gasteiger partial charge >= 0.3 is 0 Å². The maximum absolute atomic E-state index is 5.52. The van der Waals surface area contributed by atoms with E-state index in [4.69, 9.17) is 4.74 Å². The molecule has 0 radical (unpaired) electrons. The highest BCUT2D eigenvalue weighted by Gasteiger charge is 2.02. The summed E-state index contributed by atoms with van der Waals surface area (Å²) in [6.45, 7) is 5.51. The van der Waals surface area contributed by atoms with Gasteiger partial charge in [-0.15, -0.1) is 11.3 Å². The van der Waals surface area contributed by atoms with Crippen LogP contribution >= 0.6 is 11.3 Å². The molecular formula is C17H18N2OS. The van der Waals surface area contributed by atoms with E-state index in [1.165, 1.54) is 10.3 Å². The SMILES string of the molecule is CCOc1cccc(CNc2ccc3nc(C)sc3c2)c1. The van der Waals surface area contributed by atoms with Crippen LogP contribution in [-0.4, -0.2) is 11.6 Å². The molecule has 0 saturated heterocycles. The lowest BCUT2D eigenvalue weighted by molar-refractivity contribution is 0.340. The molecule has 1 heterocycles. The van der Waals surface area contributed by atoms with Crippen molar-refractivity contribution in [3.05, 3.63) is 53.0 Å². The molecule has 0 aliphatic carbocycles. The summed E-state index contributed by atoms with van der Waals surface area (Å²) >= 11 is 1.73. The van der Waals surface area contributed by atoms with Crippen LogP contribution in [0.3, 0.4) is 0 Å². The molecule has 0 saturated carbocycles. The van der Waals surface area contributed by atoms with Gasteiger partial charge in [-0.1, -0.05) is 12.1 Å². The molecule has 0 fully saturated rings. The average molecular weight is 298 g/mol. The number of hydrogen-bond acceptors (Lipinski definition) is 4. The van der Waals surface area contributed by atoms with Crippen molar-refractivity contribution in [3.63, 3.8) is 0 Å². The van der Waals surface area contributed by atoms with E-state index >= 15 is 0 Å². The second kappa shape index (κ2) is 6.14. The summed E-state index contributed by atoms with van der Waals surface area (Å²) in [7, 11) is 0. The minimum atomic E-state index is 0.693. The van der Waals surface area contributed by atoms with E-state index in [1.807, 2.05) is 26.0 Å². The Labute approximate surface area is 128 Å². The largest absolute Gasteiger partial charge is 0.494 e. The molecule has 3 rings (SSSR count). The van der Waals surface area contributed by atoms with Gasteiger partial charge in [0.25, 0.3) is 0 Å². The monoisotopic (exact) mass is 298 g/mol. The zero-order valence-electron chi connectivity index (χ0n) is 12.2. The van der Waals surface area contributed by atoms with Gasteiger partial charge in [0.2, 0.25) is 0 Å². The summed E-state index contributed by atoms with van der Waals surface area (Å²) in [4.78, 5) is 4.48. The van der Waals surface area contributed by atoms with E-state index in [0.29, 0.717) is 6.61 Å². The fourth-order valence-electron chi connectivity index (χ4n) is 2.27. The number of aryl methyl sites for hydroxylation is 1. The number of rotatable bonds is 5. The lowest BCUT2D eigenvalue weighted by Gasteiger charge is -2.08. The van der Waals surface area contributed by atoms with Crippen LogP contribution in [0, 0.1) is 6.92 Å². The summed E-state index contributed by atoms with van der Waals surface area (Å²) in [6, 6.07) is 14.5. The fourth-order valence-corrected chi connectivity index (χ4v) is 3.13. The molecule has 0 bridgehead atoms. The van der Waals surface area contributed by atoms with Gasteiger partial charge in [0.1, 0.15) is 5.75 Å². The van der Waals surface area contributed by atoms with Crippen LogP contribution < -0.4 is 10.1 Å². The third-order valence-corrected chi connectivity index (χ3v) is 4.14. The number of hydrogen-bond donors (Lipinski definition) is 1. The number of fused-ring (bicyclic) bond motifs is 1. The Hall–Kier alpha value is -2.07. The van der Waals surface area contributed by atoms with Gasteiger partial charge in [0, 0.05) is 12.2 Å². The highest BCUT2D eigenvalue weighted by molar-refractivity contribution is 7.18. The zero-order valence-corrected chi connectivity index (χ0v) is 13.0. The van der Waals surface area contributed by atoms with Crippen molar-refractivity contribution in [2.75, 3.05) is 11.9 Å². The van der Waals surface area contributed by atoms with Gasteiger partial charge in [-0.2, -0.15) is 0 Å². The Morgan fingerprint density at radius 2 is 2.10 bits per heavy atom. The zero-order chi connectivity index (χ0) is 14.7. The van der Waals surface area contributed by atoms with Crippen molar-refractivity contribution in [2.24, 2.45) is 0 Å². The second-order valence-corrected chi connectivity index (χ2v) is 6.08. The van der Waals surface area contributed by atoms with Crippen LogP contribution in [0.15, 0.2) is 42.5 Å². The van der Waals surface area contributed by atoms with Crippen molar-refractivity contribution in [1.29, 1.82) is 0 Å². The Morgan fingerprint density at radius 3 is 2.95 bits per heavy atom. The van der Waals surface area contributed by atoms with Crippen molar-refractivity contribution in [2.45, 2.75) is 20.4 Å². The van der Waals surface area contributed by atoms with E-state index < -0.39 is 0 Å². The molecule has 0 atom stereocenters. The van der Waals surface area contributed by atoms with E-state index in [1.54, 1.807) is 11.3 Å². The van der Waals surface area contributed by atoms with Crippen molar-refractivity contribution >= 4 is 27.2 Å². The van der Waals surface area contributed by atoms with E-state index in [2.05, 4.69) is 40.6 Å². The maximum atomic E-state index is 5.52. The fraction of sp³-hybridized carbons (Fsp3) is 0.235. The van der Waals surface area contributed by atoms with Crippen LogP contribution in [0.4, 0.5) is 5.69 Å². The first-order valence-corrected chi connectivity index (χ1v) is 7.89. The normalized spacial score (nSPS) is 10.8. The molecule has 0 unspecified atom stereocenters. The van der Waals surface area contributed by atoms with Gasteiger partial charge in [-0.25, -0.2) is 4.98 Å². The minimum absolute atomic E-state index is 0.693. The average Bonchev–Trinajstić information content (AvgIpc) is 2.85. The highest BCUT2D eigenvalue weighted by atomic mass is 32.1. The van der Waals surface area contributed by atoms with Crippen molar-refractivity contribution < 1.29 is 4.74 Å². The third kappa shape index (κ3) is 3.34. The first-order valence-electron chi connectivity index (χ1n) is 7.07. The molecule has 3 aromatic rings. The number of thiazole rings is 1. The second-order valence-electron chi connectivity index (χ2n) is 4.85. The van der Waals surface area contributed by atoms with Crippen LogP contribution in [0.1, 0.15) is 17.5 Å². The minimum Gasteiger partial charge on any atom is -0.494 e. The molecule has 1 aromatic heterocycles. The lowest BCUT2D eigenvalue weighted by Crippen LogP contribution is -2.00. The highest BCUT2D eigenvalue weighted by Crippen LogP contribution is 2.25. The van der Waals surface area contributed by atoms with E-state index in [-0.39, 0.29) is 0 Å². The molecule has 0 aliphatic rings. The van der Waals surface area contributed by atoms with Crippen LogP contribution in [-0.2, 0) is 6.54 Å². The topological polar surface area (TPSA) is 34.1 Å². The molecule has 21 heavy (non-hydrogen) atoms. The van der Waals surface area contributed by atoms with Gasteiger partial charge in [-0.05, 0) is 49.7 Å². The molecule has 2 aromatic carbocycles. The number of anilines is 1. The summed E-state index contributed by atoms with van der Waals surface area (Å²) in [5, 5.41) is 4.56. The molecule has 3 nitrogen and oxygen atoms in total. The number of nitrogens with one attached hydrogen (secondary N) is 1.